The van der Waals surface area contributed by atoms with Gasteiger partial charge in [0.15, 0.2) is 0 Å². The fraction of sp³-hybridized carbons (Fsp3) is 0.143. The van der Waals surface area contributed by atoms with E-state index >= 15 is 0 Å². The monoisotopic (exact) mass is 456 g/mol. The van der Waals surface area contributed by atoms with Crippen LogP contribution in [0.3, 0.4) is 0 Å². The van der Waals surface area contributed by atoms with Crippen molar-refractivity contribution in [2.75, 3.05) is 0 Å². The molecule has 5 heteroatoms. The highest BCUT2D eigenvalue weighted by Crippen LogP contribution is 2.68. The molecule has 0 heterocycles. The van der Waals surface area contributed by atoms with E-state index in [9.17, 15) is 0 Å². The summed E-state index contributed by atoms with van der Waals surface area (Å²) in [6.07, 6.45) is 4.69. The molecule has 0 radical (unpaired) electrons. The first-order valence-electron chi connectivity index (χ1n) is 11.1. The fourth-order valence-corrected chi connectivity index (χ4v) is 8.83. The van der Waals surface area contributed by atoms with Crippen LogP contribution in [0.2, 0.25) is 0 Å². The van der Waals surface area contributed by atoms with Crippen LogP contribution in [0.4, 0.5) is 0 Å². The molecule has 3 nitrogen and oxygen atoms in total. The molecular formula is C28H30BO3P. The topological polar surface area (TPSA) is 63.5 Å². The Kier molecular flexibility index (Phi) is 9.87. The third kappa shape index (κ3) is 8.96. The Morgan fingerprint density at radius 3 is 0.818 bits per heavy atom. The van der Waals surface area contributed by atoms with Crippen LogP contribution in [0.15, 0.2) is 121 Å². The summed E-state index contributed by atoms with van der Waals surface area (Å²) in [5.41, 5.74) is 5.85. The number of rotatable bonds is 8. The molecule has 0 aromatic heterocycles. The zero-order valence-electron chi connectivity index (χ0n) is 18.7. The Morgan fingerprint density at radius 2 is 0.636 bits per heavy atom. The second-order valence-corrected chi connectivity index (χ2v) is 12.2. The van der Waals surface area contributed by atoms with E-state index in [0.717, 1.165) is 0 Å². The first-order valence-corrected chi connectivity index (χ1v) is 13.6. The van der Waals surface area contributed by atoms with Crippen LogP contribution in [0.25, 0.3) is 0 Å². The quantitative estimate of drug-likeness (QED) is 0.286. The van der Waals surface area contributed by atoms with Crippen LogP contribution in [0.5, 0.6) is 0 Å². The molecule has 0 unspecified atom stereocenters. The first kappa shape index (κ1) is 24.9. The highest BCUT2D eigenvalue weighted by Gasteiger charge is 2.38. The Bertz CT molecular complexity index is 871. The molecule has 0 spiro atoms. The van der Waals surface area contributed by atoms with Crippen molar-refractivity contribution < 1.29 is 15.1 Å². The molecule has 0 aliphatic heterocycles. The lowest BCUT2D eigenvalue weighted by atomic mass is 10.2. The van der Waals surface area contributed by atoms with Crippen molar-refractivity contribution in [1.29, 1.82) is 0 Å². The van der Waals surface area contributed by atoms with Crippen molar-refractivity contribution in [2.24, 2.45) is 0 Å². The zero-order chi connectivity index (χ0) is 23.4. The number of benzene rings is 4. The van der Waals surface area contributed by atoms with E-state index in [1.54, 1.807) is 0 Å². The largest absolute Gasteiger partial charge is 0.832 e. The van der Waals surface area contributed by atoms with Crippen LogP contribution in [0.1, 0.15) is 22.3 Å². The lowest BCUT2D eigenvalue weighted by Crippen LogP contribution is -2.29. The molecule has 0 fully saturated rings. The summed E-state index contributed by atoms with van der Waals surface area (Å²) in [5, 5.41) is 22.8. The molecule has 0 atom stereocenters. The third-order valence-corrected chi connectivity index (χ3v) is 9.59. The molecule has 4 aromatic rings. The minimum absolute atomic E-state index is 1.17. The average Bonchev–Trinajstić information content (AvgIpc) is 2.81. The van der Waals surface area contributed by atoms with Gasteiger partial charge in [0.2, 0.25) is 0 Å². The maximum Gasteiger partial charge on any atom is 0.339 e. The lowest BCUT2D eigenvalue weighted by Gasteiger charge is -2.29. The molecule has 0 bridgehead atoms. The van der Waals surface area contributed by atoms with E-state index in [-0.39, 0.29) is 0 Å². The summed E-state index contributed by atoms with van der Waals surface area (Å²) in [6, 6.07) is 44.3. The highest BCUT2D eigenvalue weighted by atomic mass is 31.2. The molecule has 33 heavy (non-hydrogen) atoms. The van der Waals surface area contributed by atoms with Crippen LogP contribution in [0, 0.1) is 0 Å². The van der Waals surface area contributed by atoms with Gasteiger partial charge in [0.05, 0.1) is 24.6 Å². The molecule has 0 aliphatic carbocycles. The van der Waals surface area contributed by atoms with Crippen molar-refractivity contribution in [3.8, 4) is 0 Å². The second kappa shape index (κ2) is 13.1. The van der Waals surface area contributed by atoms with Crippen molar-refractivity contribution in [3.63, 3.8) is 0 Å². The molecule has 4 rings (SSSR count). The molecule has 0 saturated carbocycles. The van der Waals surface area contributed by atoms with Gasteiger partial charge in [0, 0.05) is 7.26 Å². The fourth-order valence-electron chi connectivity index (χ4n) is 4.22. The van der Waals surface area contributed by atoms with E-state index in [4.69, 9.17) is 15.1 Å². The summed E-state index contributed by atoms with van der Waals surface area (Å²) in [6.45, 7) is 0. The summed E-state index contributed by atoms with van der Waals surface area (Å²) < 4.78 is 0. The van der Waals surface area contributed by atoms with E-state index in [0.29, 0.717) is 0 Å². The van der Waals surface area contributed by atoms with E-state index in [1.165, 1.54) is 46.9 Å². The molecule has 2 N–H and O–H groups in total. The average molecular weight is 456 g/mol. The van der Waals surface area contributed by atoms with Crippen molar-refractivity contribution in [2.45, 2.75) is 24.6 Å². The Hall–Kier alpha value is -2.75. The summed E-state index contributed by atoms with van der Waals surface area (Å²) in [4.78, 5) is 0. The normalized spacial score (nSPS) is 10.8. The lowest BCUT2D eigenvalue weighted by molar-refractivity contribution is -0.242. The van der Waals surface area contributed by atoms with Gasteiger partial charge < -0.3 is 15.1 Å². The predicted molar refractivity (Wildman–Crippen MR) is 138 cm³/mol. The van der Waals surface area contributed by atoms with Crippen molar-refractivity contribution in [3.05, 3.63) is 144 Å². The van der Waals surface area contributed by atoms with Gasteiger partial charge in [-0.15, -0.1) is 0 Å². The van der Waals surface area contributed by atoms with Crippen molar-refractivity contribution in [1.82, 2.24) is 0 Å². The van der Waals surface area contributed by atoms with Gasteiger partial charge in [-0.25, -0.2) is 0 Å². The molecule has 4 aromatic carbocycles. The molecule has 0 aliphatic rings. The Balaban J connectivity index is 0.000000709. The summed E-state index contributed by atoms with van der Waals surface area (Å²) in [7, 11) is -3.80. The van der Waals surface area contributed by atoms with Gasteiger partial charge in [0.1, 0.15) is 0 Å². The maximum absolute atomic E-state index is 8.64. The van der Waals surface area contributed by atoms with Crippen LogP contribution in [-0.4, -0.2) is 17.4 Å². The highest BCUT2D eigenvalue weighted by molar-refractivity contribution is 7.72. The predicted octanol–water partition coefficient (Wildman–Crippen LogP) is 5.12. The van der Waals surface area contributed by atoms with E-state index in [2.05, 4.69) is 121 Å². The first-order chi connectivity index (χ1) is 16.0. The van der Waals surface area contributed by atoms with Gasteiger partial charge in [0.25, 0.3) is 0 Å². The van der Waals surface area contributed by atoms with Gasteiger partial charge >= 0.3 is 7.32 Å². The Morgan fingerprint density at radius 1 is 0.455 bits per heavy atom. The van der Waals surface area contributed by atoms with Crippen LogP contribution >= 0.6 is 7.26 Å². The standard InChI is InChI=1S/C28H28P.BH2O3/c1-5-13-25(14-6-1)21-29(22-26-15-7-2-8-16-26,23-27-17-9-3-10-18-27)24-28-19-11-4-12-20-28;2-1(3)4/h1-20H,21-24H2;2-3H/q+1;-1. The van der Waals surface area contributed by atoms with Gasteiger partial charge in [-0.05, 0) is 22.3 Å². The van der Waals surface area contributed by atoms with Gasteiger partial charge in [-0.1, -0.05) is 121 Å². The van der Waals surface area contributed by atoms with E-state index < -0.39 is 14.6 Å². The molecule has 0 saturated heterocycles. The van der Waals surface area contributed by atoms with Gasteiger partial charge in [-0.2, -0.15) is 0 Å². The maximum atomic E-state index is 8.64. The van der Waals surface area contributed by atoms with Crippen LogP contribution < -0.4 is 5.02 Å². The Labute approximate surface area is 197 Å². The minimum atomic E-state index is -2.42. The second-order valence-electron chi connectivity index (χ2n) is 8.24. The zero-order valence-corrected chi connectivity index (χ0v) is 19.6. The minimum Gasteiger partial charge on any atom is -0.832 e. The summed E-state index contributed by atoms with van der Waals surface area (Å²) >= 11 is 0. The number of hydrogen-bond donors (Lipinski definition) is 2. The SMILES string of the molecule is [O-]B(O)O.c1ccc(C[P+](Cc2ccccc2)(Cc2ccccc2)Cc2ccccc2)cc1. The number of hydrogen-bond acceptors (Lipinski definition) is 3. The molecular weight excluding hydrogens is 426 g/mol. The smallest absolute Gasteiger partial charge is 0.339 e. The van der Waals surface area contributed by atoms with Crippen LogP contribution in [-0.2, 0) is 24.6 Å². The molecule has 168 valence electrons. The van der Waals surface area contributed by atoms with E-state index in [1.807, 2.05) is 0 Å². The van der Waals surface area contributed by atoms with Crippen molar-refractivity contribution >= 4 is 14.6 Å². The third-order valence-electron chi connectivity index (χ3n) is 5.44. The van der Waals surface area contributed by atoms with Gasteiger partial charge in [-0.3, -0.25) is 0 Å². The summed E-state index contributed by atoms with van der Waals surface area (Å²) in [5.74, 6) is 0. The molecule has 0 amide bonds.